The molecule has 0 saturated carbocycles. The number of rotatable bonds is 9. The van der Waals surface area contributed by atoms with Gasteiger partial charge in [-0.15, -0.1) is 6.58 Å². The van der Waals surface area contributed by atoms with E-state index in [1.54, 1.807) is 0 Å². The van der Waals surface area contributed by atoms with Gasteiger partial charge in [0.2, 0.25) is 0 Å². The maximum atomic E-state index is 12.2. The molecule has 0 aromatic heterocycles. The van der Waals surface area contributed by atoms with Crippen LogP contribution in [0.15, 0.2) is 24.8 Å². The van der Waals surface area contributed by atoms with Gasteiger partial charge in [-0.05, 0) is 25.5 Å². The molecule has 0 aliphatic heterocycles. The standard InChI is InChI=1S/C17H22ClNO5/c1-5-7-19-16(20)11(3)24-17(21)12-9-13(18)15(23-8-6-2)14(10-12)22-4/h5,9-11H,1,6-8H2,2-4H3,(H,19,20)/t11-/m1/s1. The van der Waals surface area contributed by atoms with Crippen molar-refractivity contribution in [2.45, 2.75) is 26.4 Å². The van der Waals surface area contributed by atoms with Gasteiger partial charge in [0.1, 0.15) is 0 Å². The van der Waals surface area contributed by atoms with E-state index in [-0.39, 0.29) is 10.6 Å². The molecule has 1 atom stereocenters. The summed E-state index contributed by atoms with van der Waals surface area (Å²) in [5.41, 5.74) is 0.170. The molecule has 7 heteroatoms. The maximum absolute atomic E-state index is 12.2. The lowest BCUT2D eigenvalue weighted by Gasteiger charge is -2.15. The fourth-order valence-electron chi connectivity index (χ4n) is 1.78. The summed E-state index contributed by atoms with van der Waals surface area (Å²) in [5.74, 6) is -0.399. The van der Waals surface area contributed by atoms with E-state index in [1.165, 1.54) is 32.2 Å². The summed E-state index contributed by atoms with van der Waals surface area (Å²) < 4.78 is 15.9. The zero-order chi connectivity index (χ0) is 18.1. The van der Waals surface area contributed by atoms with Crippen LogP contribution >= 0.6 is 11.6 Å². The van der Waals surface area contributed by atoms with Crippen LogP contribution in [0.3, 0.4) is 0 Å². The molecule has 0 fully saturated rings. The number of halogens is 1. The largest absolute Gasteiger partial charge is 0.493 e. The van der Waals surface area contributed by atoms with Gasteiger partial charge in [0, 0.05) is 6.54 Å². The van der Waals surface area contributed by atoms with Gasteiger partial charge in [0.25, 0.3) is 5.91 Å². The molecule has 0 heterocycles. The summed E-state index contributed by atoms with van der Waals surface area (Å²) in [5, 5.41) is 2.78. The van der Waals surface area contributed by atoms with Crippen molar-refractivity contribution in [3.8, 4) is 11.5 Å². The van der Waals surface area contributed by atoms with E-state index in [1.807, 2.05) is 6.92 Å². The number of nitrogens with one attached hydrogen (secondary N) is 1. The Hall–Kier alpha value is -2.21. The second kappa shape index (κ2) is 9.82. The summed E-state index contributed by atoms with van der Waals surface area (Å²) in [7, 11) is 1.45. The number of methoxy groups -OCH3 is 1. The highest BCUT2D eigenvalue weighted by atomic mass is 35.5. The number of esters is 1. The van der Waals surface area contributed by atoms with Crippen LogP contribution in [0.4, 0.5) is 0 Å². The van der Waals surface area contributed by atoms with Crippen molar-refractivity contribution < 1.29 is 23.8 Å². The molecule has 0 bridgehead atoms. The molecule has 1 aromatic carbocycles. The molecule has 6 nitrogen and oxygen atoms in total. The molecule has 0 aliphatic rings. The Morgan fingerprint density at radius 2 is 2.12 bits per heavy atom. The van der Waals surface area contributed by atoms with Crippen molar-refractivity contribution in [2.75, 3.05) is 20.3 Å². The molecule has 0 saturated heterocycles. The summed E-state index contributed by atoms with van der Waals surface area (Å²) in [6.45, 7) is 7.71. The molecule has 132 valence electrons. The molecule has 1 rings (SSSR count). The summed E-state index contributed by atoms with van der Waals surface area (Å²) >= 11 is 6.16. The number of benzene rings is 1. The maximum Gasteiger partial charge on any atom is 0.339 e. The van der Waals surface area contributed by atoms with Gasteiger partial charge in [-0.3, -0.25) is 4.79 Å². The Morgan fingerprint density at radius 1 is 1.42 bits per heavy atom. The third-order valence-corrected chi connectivity index (χ3v) is 3.27. The van der Waals surface area contributed by atoms with Gasteiger partial charge in [-0.2, -0.15) is 0 Å². The van der Waals surface area contributed by atoms with E-state index >= 15 is 0 Å². The van der Waals surface area contributed by atoms with E-state index in [9.17, 15) is 9.59 Å². The van der Waals surface area contributed by atoms with Crippen LogP contribution in [-0.4, -0.2) is 38.2 Å². The second-order valence-corrected chi connectivity index (χ2v) is 5.33. The Bertz CT molecular complexity index is 603. The third-order valence-electron chi connectivity index (χ3n) is 2.99. The lowest BCUT2D eigenvalue weighted by molar-refractivity contribution is -0.128. The molecule has 1 aromatic rings. The van der Waals surface area contributed by atoms with E-state index in [2.05, 4.69) is 11.9 Å². The van der Waals surface area contributed by atoms with Gasteiger partial charge < -0.3 is 19.5 Å². The molecular formula is C17H22ClNO5. The van der Waals surface area contributed by atoms with E-state index in [0.29, 0.717) is 24.7 Å². The molecule has 0 spiro atoms. The van der Waals surface area contributed by atoms with Crippen molar-refractivity contribution in [2.24, 2.45) is 0 Å². The van der Waals surface area contributed by atoms with Gasteiger partial charge in [0.05, 0.1) is 24.3 Å². The van der Waals surface area contributed by atoms with Crippen molar-refractivity contribution in [1.29, 1.82) is 0 Å². The van der Waals surface area contributed by atoms with Crippen molar-refractivity contribution in [1.82, 2.24) is 5.32 Å². The van der Waals surface area contributed by atoms with Crippen LogP contribution in [0.5, 0.6) is 11.5 Å². The minimum absolute atomic E-state index is 0.170. The summed E-state index contributed by atoms with van der Waals surface area (Å²) in [4.78, 5) is 23.9. The molecular weight excluding hydrogens is 334 g/mol. The van der Waals surface area contributed by atoms with Gasteiger partial charge in [-0.25, -0.2) is 4.79 Å². The minimum atomic E-state index is -0.946. The number of carbonyl (C=O) groups excluding carboxylic acids is 2. The first-order valence-electron chi connectivity index (χ1n) is 7.54. The Balaban J connectivity index is 2.89. The quantitative estimate of drug-likeness (QED) is 0.544. The number of amides is 1. The number of ether oxygens (including phenoxy) is 3. The average molecular weight is 356 g/mol. The zero-order valence-electron chi connectivity index (χ0n) is 14.1. The summed E-state index contributed by atoms with van der Waals surface area (Å²) in [6, 6.07) is 2.89. The van der Waals surface area contributed by atoms with Crippen molar-refractivity contribution in [3.05, 3.63) is 35.4 Å². The fraction of sp³-hybridized carbons (Fsp3) is 0.412. The molecule has 0 unspecified atom stereocenters. The average Bonchev–Trinajstić information content (AvgIpc) is 2.57. The first-order valence-corrected chi connectivity index (χ1v) is 7.92. The molecule has 1 N–H and O–H groups in total. The smallest absolute Gasteiger partial charge is 0.339 e. The monoisotopic (exact) mass is 355 g/mol. The van der Waals surface area contributed by atoms with Crippen LogP contribution in [0.25, 0.3) is 0 Å². The first-order chi connectivity index (χ1) is 11.4. The number of carbonyl (C=O) groups is 2. The van der Waals surface area contributed by atoms with Crippen LogP contribution in [0, 0.1) is 0 Å². The van der Waals surface area contributed by atoms with E-state index in [4.69, 9.17) is 25.8 Å². The lowest BCUT2D eigenvalue weighted by Crippen LogP contribution is -2.35. The van der Waals surface area contributed by atoms with E-state index in [0.717, 1.165) is 6.42 Å². The lowest BCUT2D eigenvalue weighted by atomic mass is 10.2. The van der Waals surface area contributed by atoms with Crippen LogP contribution in [-0.2, 0) is 9.53 Å². The predicted molar refractivity (Wildman–Crippen MR) is 91.9 cm³/mol. The first kappa shape index (κ1) is 19.8. The SMILES string of the molecule is C=CCNC(=O)[C@@H](C)OC(=O)c1cc(Cl)c(OCCC)c(OC)c1. The van der Waals surface area contributed by atoms with Crippen molar-refractivity contribution in [3.63, 3.8) is 0 Å². The highest BCUT2D eigenvalue weighted by Gasteiger charge is 2.21. The molecule has 0 aliphatic carbocycles. The van der Waals surface area contributed by atoms with Gasteiger partial charge in [0.15, 0.2) is 17.6 Å². The molecule has 1 amide bonds. The zero-order valence-corrected chi connectivity index (χ0v) is 14.8. The Labute approximate surface area is 146 Å². The minimum Gasteiger partial charge on any atom is -0.493 e. The normalized spacial score (nSPS) is 11.3. The van der Waals surface area contributed by atoms with Crippen LogP contribution in [0.2, 0.25) is 5.02 Å². The predicted octanol–water partition coefficient (Wildman–Crippen LogP) is 2.98. The highest BCUT2D eigenvalue weighted by Crippen LogP contribution is 2.36. The third kappa shape index (κ3) is 5.45. The number of hydrogen-bond acceptors (Lipinski definition) is 5. The van der Waals surface area contributed by atoms with E-state index < -0.39 is 18.0 Å². The van der Waals surface area contributed by atoms with Crippen LogP contribution < -0.4 is 14.8 Å². The highest BCUT2D eigenvalue weighted by molar-refractivity contribution is 6.32. The Kier molecular flexibility index (Phi) is 8.12. The topological polar surface area (TPSA) is 73.9 Å². The summed E-state index contributed by atoms with van der Waals surface area (Å²) in [6.07, 6.45) is 1.39. The van der Waals surface area contributed by atoms with Gasteiger partial charge in [-0.1, -0.05) is 24.6 Å². The molecule has 24 heavy (non-hydrogen) atoms. The number of hydrogen-bond donors (Lipinski definition) is 1. The molecule has 0 radical (unpaired) electrons. The fourth-order valence-corrected chi connectivity index (χ4v) is 2.05. The van der Waals surface area contributed by atoms with Crippen LogP contribution in [0.1, 0.15) is 30.6 Å². The second-order valence-electron chi connectivity index (χ2n) is 4.92. The van der Waals surface area contributed by atoms with Crippen molar-refractivity contribution >= 4 is 23.5 Å². The van der Waals surface area contributed by atoms with Gasteiger partial charge >= 0.3 is 5.97 Å². The Morgan fingerprint density at radius 3 is 2.71 bits per heavy atom.